The molecule has 0 spiro atoms. The molecule has 0 aliphatic carbocycles. The Morgan fingerprint density at radius 3 is 2.71 bits per heavy atom. The fourth-order valence-corrected chi connectivity index (χ4v) is 4.13. The normalized spacial score (nSPS) is 22.0. The molecule has 1 atom stereocenters. The molecule has 0 N–H and O–H groups in total. The summed E-state index contributed by atoms with van der Waals surface area (Å²) in [5.74, 6) is 0.542. The van der Waals surface area contributed by atoms with Gasteiger partial charge in [0.05, 0.1) is 0 Å². The summed E-state index contributed by atoms with van der Waals surface area (Å²) < 4.78 is 0. The molecule has 0 unspecified atom stereocenters. The fraction of sp³-hybridized carbons (Fsp3) is 0.500. The highest BCUT2D eigenvalue weighted by atomic mass is 15.2. The first kappa shape index (κ1) is 15.6. The number of benzene rings is 1. The molecule has 1 aromatic heterocycles. The van der Waals surface area contributed by atoms with Crippen molar-refractivity contribution < 1.29 is 0 Å². The van der Waals surface area contributed by atoms with Crippen LogP contribution in [0.1, 0.15) is 42.9 Å². The van der Waals surface area contributed by atoms with Crippen LogP contribution in [0.15, 0.2) is 42.9 Å². The highest BCUT2D eigenvalue weighted by Crippen LogP contribution is 2.29. The van der Waals surface area contributed by atoms with E-state index in [9.17, 15) is 0 Å². The molecule has 2 aliphatic heterocycles. The van der Waals surface area contributed by atoms with Gasteiger partial charge >= 0.3 is 0 Å². The molecular weight excluding hydrogens is 296 g/mol. The third-order valence-corrected chi connectivity index (χ3v) is 5.36. The predicted octanol–water partition coefficient (Wildman–Crippen LogP) is 3.46. The maximum absolute atomic E-state index is 4.48. The lowest BCUT2D eigenvalue weighted by atomic mass is 9.94. The Morgan fingerprint density at radius 1 is 1.00 bits per heavy atom. The zero-order chi connectivity index (χ0) is 16.2. The molecular formula is C20H26N4. The lowest BCUT2D eigenvalue weighted by molar-refractivity contribution is 0.198. The van der Waals surface area contributed by atoms with E-state index in [1.54, 1.807) is 6.33 Å². The molecule has 3 heterocycles. The van der Waals surface area contributed by atoms with E-state index < -0.39 is 0 Å². The Labute approximate surface area is 144 Å². The monoisotopic (exact) mass is 322 g/mol. The number of hydrogen-bond acceptors (Lipinski definition) is 4. The summed E-state index contributed by atoms with van der Waals surface area (Å²) in [6.07, 6.45) is 8.68. The largest absolute Gasteiger partial charge is 0.371 e. The van der Waals surface area contributed by atoms with Gasteiger partial charge in [-0.15, -0.1) is 0 Å². The minimum atomic E-state index is 0.542. The summed E-state index contributed by atoms with van der Waals surface area (Å²) in [5, 5.41) is 0. The van der Waals surface area contributed by atoms with Gasteiger partial charge in [-0.05, 0) is 49.9 Å². The highest BCUT2D eigenvalue weighted by molar-refractivity contribution is 5.54. The summed E-state index contributed by atoms with van der Waals surface area (Å²) in [4.78, 5) is 13.7. The van der Waals surface area contributed by atoms with E-state index >= 15 is 0 Å². The Hall–Kier alpha value is -1.94. The molecule has 126 valence electrons. The Balaban J connectivity index is 1.47. The number of para-hydroxylation sites is 1. The van der Waals surface area contributed by atoms with Gasteiger partial charge in [-0.2, -0.15) is 0 Å². The summed E-state index contributed by atoms with van der Waals surface area (Å²) in [5.41, 5.74) is 4.12. The van der Waals surface area contributed by atoms with Crippen molar-refractivity contribution in [2.75, 3.05) is 31.1 Å². The number of anilines is 1. The second-order valence-corrected chi connectivity index (χ2v) is 7.03. The molecule has 2 aliphatic rings. The van der Waals surface area contributed by atoms with Crippen LogP contribution in [0.5, 0.6) is 0 Å². The minimum Gasteiger partial charge on any atom is -0.371 e. The molecule has 4 rings (SSSR count). The van der Waals surface area contributed by atoms with E-state index in [0.29, 0.717) is 5.92 Å². The number of rotatable bonds is 4. The first-order valence-corrected chi connectivity index (χ1v) is 9.21. The number of likely N-dealkylation sites (tertiary alicyclic amines) is 1. The summed E-state index contributed by atoms with van der Waals surface area (Å²) in [6, 6.07) is 11.0. The minimum absolute atomic E-state index is 0.542. The van der Waals surface area contributed by atoms with Gasteiger partial charge < -0.3 is 4.90 Å². The van der Waals surface area contributed by atoms with E-state index in [1.807, 2.05) is 6.20 Å². The molecule has 0 bridgehead atoms. The smallest absolute Gasteiger partial charge is 0.115 e. The van der Waals surface area contributed by atoms with Crippen LogP contribution in [0.25, 0.3) is 0 Å². The number of nitrogens with zero attached hydrogens (tertiary/aromatic N) is 4. The highest BCUT2D eigenvalue weighted by Gasteiger charge is 2.23. The van der Waals surface area contributed by atoms with Crippen LogP contribution >= 0.6 is 0 Å². The molecule has 24 heavy (non-hydrogen) atoms. The third kappa shape index (κ3) is 3.44. The van der Waals surface area contributed by atoms with E-state index in [2.05, 4.69) is 50.1 Å². The van der Waals surface area contributed by atoms with Crippen molar-refractivity contribution in [3.63, 3.8) is 0 Å². The molecule has 0 amide bonds. The molecule has 1 aromatic carbocycles. The standard InChI is InChI=1S/C20H26N4/c1-2-8-20(24-12-3-4-13-24)18(6-1)15-23-11-5-7-17(14-23)19-9-10-21-16-22-19/h1-2,6,8-10,16-17H,3-5,7,11-15H2/t17-/m0/s1. The summed E-state index contributed by atoms with van der Waals surface area (Å²) >= 11 is 0. The van der Waals surface area contributed by atoms with E-state index in [1.165, 1.54) is 62.3 Å². The van der Waals surface area contributed by atoms with Gasteiger partial charge in [0.1, 0.15) is 6.33 Å². The average Bonchev–Trinajstić information content (AvgIpc) is 3.18. The van der Waals surface area contributed by atoms with Gasteiger partial charge in [0.15, 0.2) is 0 Å². The molecule has 2 fully saturated rings. The number of piperidine rings is 1. The Kier molecular flexibility index (Phi) is 4.74. The van der Waals surface area contributed by atoms with Crippen molar-refractivity contribution in [1.82, 2.24) is 14.9 Å². The van der Waals surface area contributed by atoms with Gasteiger partial charge in [0.2, 0.25) is 0 Å². The summed E-state index contributed by atoms with van der Waals surface area (Å²) in [6.45, 7) is 5.76. The molecule has 2 saturated heterocycles. The lowest BCUT2D eigenvalue weighted by Crippen LogP contribution is -2.34. The Bertz CT molecular complexity index is 652. The summed E-state index contributed by atoms with van der Waals surface area (Å²) in [7, 11) is 0. The van der Waals surface area contributed by atoms with Crippen molar-refractivity contribution in [2.45, 2.75) is 38.1 Å². The zero-order valence-corrected chi connectivity index (χ0v) is 14.3. The van der Waals surface area contributed by atoms with Gasteiger partial charge in [-0.25, -0.2) is 9.97 Å². The molecule has 4 heteroatoms. The zero-order valence-electron chi connectivity index (χ0n) is 14.3. The lowest BCUT2D eigenvalue weighted by Gasteiger charge is -2.33. The van der Waals surface area contributed by atoms with Gasteiger partial charge in [-0.1, -0.05) is 18.2 Å². The number of aromatic nitrogens is 2. The topological polar surface area (TPSA) is 32.3 Å². The van der Waals surface area contributed by atoms with Crippen molar-refractivity contribution in [3.05, 3.63) is 54.1 Å². The molecule has 0 saturated carbocycles. The maximum atomic E-state index is 4.48. The quantitative estimate of drug-likeness (QED) is 0.863. The van der Waals surface area contributed by atoms with Crippen LogP contribution in [0.2, 0.25) is 0 Å². The van der Waals surface area contributed by atoms with E-state index in [0.717, 1.165) is 13.1 Å². The fourth-order valence-electron chi connectivity index (χ4n) is 4.13. The van der Waals surface area contributed by atoms with Crippen molar-refractivity contribution in [2.24, 2.45) is 0 Å². The van der Waals surface area contributed by atoms with Gasteiger partial charge in [-0.3, -0.25) is 4.90 Å². The maximum Gasteiger partial charge on any atom is 0.115 e. The van der Waals surface area contributed by atoms with E-state index in [-0.39, 0.29) is 0 Å². The first-order valence-electron chi connectivity index (χ1n) is 9.21. The van der Waals surface area contributed by atoms with Crippen molar-refractivity contribution in [1.29, 1.82) is 0 Å². The second-order valence-electron chi connectivity index (χ2n) is 7.03. The number of hydrogen-bond donors (Lipinski definition) is 0. The van der Waals surface area contributed by atoms with Crippen LogP contribution in [-0.2, 0) is 6.54 Å². The second kappa shape index (κ2) is 7.31. The molecule has 4 nitrogen and oxygen atoms in total. The van der Waals surface area contributed by atoms with Crippen molar-refractivity contribution >= 4 is 5.69 Å². The van der Waals surface area contributed by atoms with Crippen molar-refractivity contribution in [3.8, 4) is 0 Å². The van der Waals surface area contributed by atoms with Gasteiger partial charge in [0, 0.05) is 49.7 Å². The van der Waals surface area contributed by atoms with Crippen LogP contribution in [0, 0.1) is 0 Å². The SMILES string of the molecule is c1ccc(N2CCCC2)c(CN2CCC[C@H](c3ccncn3)C2)c1. The molecule has 2 aromatic rings. The van der Waals surface area contributed by atoms with Crippen LogP contribution in [0.3, 0.4) is 0 Å². The Morgan fingerprint density at radius 2 is 1.88 bits per heavy atom. The average molecular weight is 322 g/mol. The van der Waals surface area contributed by atoms with Gasteiger partial charge in [0.25, 0.3) is 0 Å². The van der Waals surface area contributed by atoms with E-state index in [4.69, 9.17) is 0 Å². The van der Waals surface area contributed by atoms with Crippen LogP contribution in [0.4, 0.5) is 5.69 Å². The van der Waals surface area contributed by atoms with Crippen LogP contribution in [-0.4, -0.2) is 41.0 Å². The first-order chi connectivity index (χ1) is 11.9. The predicted molar refractivity (Wildman–Crippen MR) is 97.2 cm³/mol. The third-order valence-electron chi connectivity index (χ3n) is 5.36. The van der Waals surface area contributed by atoms with Crippen LogP contribution < -0.4 is 4.90 Å². The molecule has 0 radical (unpaired) electrons.